The molecule has 0 fully saturated rings. The third-order valence-electron chi connectivity index (χ3n) is 0. The fraction of sp³-hybridized carbons (Fsp3) is 0. The third-order valence-corrected chi connectivity index (χ3v) is 0. The van der Waals surface area contributed by atoms with Crippen molar-refractivity contribution in [2.45, 2.75) is 0 Å². The van der Waals surface area contributed by atoms with Crippen molar-refractivity contribution in [2.24, 2.45) is 0 Å². The maximum atomic E-state index is 0. The van der Waals surface area contributed by atoms with Gasteiger partial charge in [-0.05, 0) is 0 Å². The van der Waals surface area contributed by atoms with Crippen LogP contribution in [-0.2, 0) is 0 Å². The largest absolute Gasteiger partial charge is 3.00 e. The first-order valence-corrected chi connectivity index (χ1v) is 0. The maximum absolute atomic E-state index is 0. The van der Waals surface area contributed by atoms with Crippen LogP contribution >= 0.6 is 0 Å². The zero-order valence-electron chi connectivity index (χ0n) is 0.577. The Labute approximate surface area is 60.4 Å². The van der Waals surface area contributed by atoms with E-state index in [4.69, 9.17) is 0 Å². The fourth-order valence-electron chi connectivity index (χ4n) is 0. The van der Waals surface area contributed by atoms with Crippen LogP contribution < -0.4 is 0 Å². The van der Waals surface area contributed by atoms with Gasteiger partial charge in [-0.2, -0.15) is 0 Å². The summed E-state index contributed by atoms with van der Waals surface area (Å²) in [4.78, 5) is 0. The molecule has 0 saturated heterocycles. The summed E-state index contributed by atoms with van der Waals surface area (Å²) in [5, 5.41) is 0. The second-order valence-electron chi connectivity index (χ2n) is 0. The van der Waals surface area contributed by atoms with Crippen molar-refractivity contribution < 1.29 is 35.6 Å². The summed E-state index contributed by atoms with van der Waals surface area (Å²) in [6.07, 6.45) is 0. The van der Waals surface area contributed by atoms with Gasteiger partial charge in [0.2, 0.25) is 0 Å². The summed E-state index contributed by atoms with van der Waals surface area (Å²) in [6.45, 7) is 0. The maximum Gasteiger partial charge on any atom is 3.00 e. The molecule has 0 aromatic rings. The Morgan fingerprint density at radius 3 is 0.500 bits per heavy atom. The minimum atomic E-state index is 0. The molecule has 0 N–H and O–H groups in total. The molecule has 0 spiro atoms. The van der Waals surface area contributed by atoms with E-state index in [-0.39, 0.29) is 60.8 Å². The van der Waals surface area contributed by atoms with Crippen molar-refractivity contribution in [2.75, 3.05) is 0 Å². The Morgan fingerprint density at radius 1 is 0.500 bits per heavy atom. The Hall–Kier alpha value is 1.39. The molecule has 0 nitrogen and oxygen atoms in total. The molecule has 0 heterocycles. The van der Waals surface area contributed by atoms with E-state index in [0.717, 1.165) is 0 Å². The summed E-state index contributed by atoms with van der Waals surface area (Å²) in [5.41, 5.74) is 0. The summed E-state index contributed by atoms with van der Waals surface area (Å²) < 4.78 is 0. The van der Waals surface area contributed by atoms with Crippen LogP contribution in [-0.4, -0.2) is 25.2 Å². The van der Waals surface area contributed by atoms with Gasteiger partial charge < -0.3 is 0 Å². The van der Waals surface area contributed by atoms with Crippen molar-refractivity contribution in [3.63, 3.8) is 0 Å². The van der Waals surface area contributed by atoms with Crippen LogP contribution in [0.15, 0.2) is 0 Å². The van der Waals surface area contributed by atoms with Crippen molar-refractivity contribution in [3.05, 3.63) is 0 Å². The average Bonchev–Trinajstić information content (AvgIpc) is 0. The van der Waals surface area contributed by atoms with E-state index in [9.17, 15) is 0 Å². The van der Waals surface area contributed by atoms with E-state index in [2.05, 4.69) is 0 Å². The molecule has 0 bridgehead atoms. The van der Waals surface area contributed by atoms with Crippen LogP contribution in [0.5, 0.6) is 0 Å². The van der Waals surface area contributed by atoms with E-state index in [1.165, 1.54) is 0 Å². The molecule has 0 aliphatic rings. The van der Waals surface area contributed by atoms with Crippen LogP contribution in [0, 0.1) is 35.6 Å². The van der Waals surface area contributed by atoms with Crippen molar-refractivity contribution in [1.29, 1.82) is 0 Å². The molecule has 0 aliphatic heterocycles. The SMILES string of the molecule is [BH4-].[BH4-].[BH4-].[La+3]. The van der Waals surface area contributed by atoms with Crippen molar-refractivity contribution in [3.8, 4) is 0 Å². The second kappa shape index (κ2) is 26.1. The van der Waals surface area contributed by atoms with Gasteiger partial charge in [-0.1, -0.05) is 25.2 Å². The minimum absolute atomic E-state index is 0. The zero-order valence-corrected chi connectivity index (χ0v) is 4.20. The molecule has 0 amide bonds. The standard InChI is InChI=1S/3BH4.La/h3*1H4;/q3*-1;+3. The van der Waals surface area contributed by atoms with Crippen LogP contribution in [0.3, 0.4) is 0 Å². The van der Waals surface area contributed by atoms with Crippen LogP contribution in [0.4, 0.5) is 0 Å². The molecule has 24 valence electrons. The summed E-state index contributed by atoms with van der Waals surface area (Å²) in [5.74, 6) is 0. The first kappa shape index (κ1) is 53.8. The predicted molar refractivity (Wildman–Crippen MR) is 34.0 cm³/mol. The monoisotopic (exact) mass is 184 g/mol. The molecular formula is H12B3La. The van der Waals surface area contributed by atoms with Crippen molar-refractivity contribution >= 4 is 25.2 Å². The quantitative estimate of drug-likeness (QED) is 0.333. The first-order chi connectivity index (χ1) is 0. The van der Waals surface area contributed by atoms with Crippen LogP contribution in [0.25, 0.3) is 0 Å². The fourth-order valence-corrected chi connectivity index (χ4v) is 0. The number of hydrogen-bond acceptors (Lipinski definition) is 0. The molecule has 0 rings (SSSR count). The summed E-state index contributed by atoms with van der Waals surface area (Å²) >= 11 is 0. The van der Waals surface area contributed by atoms with Gasteiger partial charge in [0.15, 0.2) is 0 Å². The molecule has 0 aromatic carbocycles. The van der Waals surface area contributed by atoms with Gasteiger partial charge in [-0.3, -0.25) is 0 Å². The number of hydrogen-bond donors (Lipinski definition) is 0. The Kier molecular flexibility index (Phi) is 351. The third kappa shape index (κ3) is 10.0. The first-order valence-electron chi connectivity index (χ1n) is 0. The smallest absolute Gasteiger partial charge is 0.0626 e. The average molecular weight is 183 g/mol. The molecule has 4 heavy (non-hydrogen) atoms. The molecule has 0 saturated carbocycles. The van der Waals surface area contributed by atoms with E-state index < -0.39 is 0 Å². The molecule has 0 unspecified atom stereocenters. The van der Waals surface area contributed by atoms with Gasteiger partial charge in [0.1, 0.15) is 0 Å². The van der Waals surface area contributed by atoms with E-state index in [0.29, 0.717) is 0 Å². The van der Waals surface area contributed by atoms with E-state index >= 15 is 0 Å². The summed E-state index contributed by atoms with van der Waals surface area (Å²) in [6, 6.07) is 0. The van der Waals surface area contributed by atoms with Gasteiger partial charge >= 0.3 is 35.6 Å². The van der Waals surface area contributed by atoms with Crippen LogP contribution in [0.2, 0.25) is 0 Å². The van der Waals surface area contributed by atoms with E-state index in [1.54, 1.807) is 0 Å². The van der Waals surface area contributed by atoms with Gasteiger partial charge in [0, 0.05) is 0 Å². The van der Waals surface area contributed by atoms with Gasteiger partial charge in [0.05, 0.1) is 0 Å². The van der Waals surface area contributed by atoms with E-state index in [1.807, 2.05) is 0 Å². The summed E-state index contributed by atoms with van der Waals surface area (Å²) in [7, 11) is 0. The van der Waals surface area contributed by atoms with Gasteiger partial charge in [0.25, 0.3) is 0 Å². The van der Waals surface area contributed by atoms with Gasteiger partial charge in [-0.25, -0.2) is 0 Å². The van der Waals surface area contributed by atoms with Crippen molar-refractivity contribution in [1.82, 2.24) is 0 Å². The molecular weight excluding hydrogens is 171 g/mol. The molecule has 0 aromatic heterocycles. The Morgan fingerprint density at radius 2 is 0.500 bits per heavy atom. The van der Waals surface area contributed by atoms with Gasteiger partial charge in [-0.15, -0.1) is 0 Å². The molecule has 0 atom stereocenters. The Balaban J connectivity index is 0. The molecule has 0 aliphatic carbocycles. The normalized spacial score (nSPS) is 0. The molecule has 4 heteroatoms. The predicted octanol–water partition coefficient (Wildman–Crippen LogP) is -4.35. The minimum Gasteiger partial charge on any atom is -0.0626 e. The van der Waals surface area contributed by atoms with Crippen LogP contribution in [0.1, 0.15) is 0 Å². The zero-order chi connectivity index (χ0) is 0. The molecule has 0 radical (unpaired) electrons. The topological polar surface area (TPSA) is 0 Å². The number of rotatable bonds is 0. The second-order valence-corrected chi connectivity index (χ2v) is 0. The Bertz CT molecular complexity index is 3.25.